The molecule has 24 heavy (non-hydrogen) atoms. The fourth-order valence-corrected chi connectivity index (χ4v) is 4.17. The lowest BCUT2D eigenvalue weighted by Crippen LogP contribution is -2.51. The molecule has 7 heteroatoms. The quantitative estimate of drug-likeness (QED) is 0.732. The smallest absolute Gasteiger partial charge is 0.322 e. The third-order valence-electron chi connectivity index (χ3n) is 4.20. The molecular weight excluding hydrogens is 330 g/mol. The van der Waals surface area contributed by atoms with E-state index in [2.05, 4.69) is 11.3 Å². The number of carboxylic acid groups (broad SMARTS) is 1. The third-order valence-corrected chi connectivity index (χ3v) is 5.65. The minimum atomic E-state index is -3.92. The summed E-state index contributed by atoms with van der Waals surface area (Å²) in [5.74, 6) is -1.63. The molecule has 3 atom stereocenters. The number of ether oxygens (including phenoxy) is 1. The molecule has 2 rings (SSSR count). The number of aryl methyl sites for hydroxylation is 1. The van der Waals surface area contributed by atoms with Gasteiger partial charge in [0.1, 0.15) is 6.04 Å². The summed E-state index contributed by atoms with van der Waals surface area (Å²) < 4.78 is 33.0. The van der Waals surface area contributed by atoms with Gasteiger partial charge in [0, 0.05) is 12.5 Å². The summed E-state index contributed by atoms with van der Waals surface area (Å²) in [6.45, 7) is 6.06. The third kappa shape index (κ3) is 4.43. The molecule has 0 spiro atoms. The van der Waals surface area contributed by atoms with Crippen LogP contribution in [0.3, 0.4) is 0 Å². The summed E-state index contributed by atoms with van der Waals surface area (Å²) in [6.07, 6.45) is 3.09. The molecule has 132 valence electrons. The molecule has 0 amide bonds. The first kappa shape index (κ1) is 18.6. The van der Waals surface area contributed by atoms with E-state index in [-0.39, 0.29) is 11.0 Å². The monoisotopic (exact) mass is 353 g/mol. The molecule has 2 N–H and O–H groups in total. The Morgan fingerprint density at radius 2 is 2.12 bits per heavy atom. The van der Waals surface area contributed by atoms with Crippen LogP contribution in [0.25, 0.3) is 0 Å². The van der Waals surface area contributed by atoms with Crippen LogP contribution in [0.1, 0.15) is 24.8 Å². The molecule has 1 aliphatic heterocycles. The zero-order chi connectivity index (χ0) is 17.7. The number of hydrogen-bond donors (Lipinski definition) is 2. The van der Waals surface area contributed by atoms with Crippen molar-refractivity contribution < 1.29 is 23.1 Å². The first-order valence-corrected chi connectivity index (χ1v) is 9.38. The summed E-state index contributed by atoms with van der Waals surface area (Å²) in [5, 5.41) is 9.56. The number of nitrogens with one attached hydrogen (secondary N) is 1. The Morgan fingerprint density at radius 3 is 2.71 bits per heavy atom. The first-order valence-electron chi connectivity index (χ1n) is 7.89. The maximum absolute atomic E-state index is 12.5. The van der Waals surface area contributed by atoms with E-state index in [0.29, 0.717) is 25.9 Å². The molecule has 1 fully saturated rings. The Bertz CT molecular complexity index is 683. The van der Waals surface area contributed by atoms with Crippen LogP contribution in [0.4, 0.5) is 0 Å². The summed E-state index contributed by atoms with van der Waals surface area (Å²) in [4.78, 5) is 11.8. The van der Waals surface area contributed by atoms with Crippen molar-refractivity contribution in [3.8, 4) is 0 Å². The average molecular weight is 353 g/mol. The van der Waals surface area contributed by atoms with Gasteiger partial charge < -0.3 is 9.84 Å². The molecule has 0 bridgehead atoms. The van der Waals surface area contributed by atoms with Crippen molar-refractivity contribution in [2.24, 2.45) is 5.92 Å². The number of carbonyl (C=O) groups is 1. The van der Waals surface area contributed by atoms with Gasteiger partial charge in [-0.3, -0.25) is 4.79 Å². The van der Waals surface area contributed by atoms with Gasteiger partial charge in [0.15, 0.2) is 0 Å². The molecule has 1 aliphatic rings. The topological polar surface area (TPSA) is 92.7 Å². The van der Waals surface area contributed by atoms with Gasteiger partial charge in [-0.1, -0.05) is 23.8 Å². The van der Waals surface area contributed by atoms with E-state index in [1.165, 1.54) is 12.1 Å². The Kier molecular flexibility index (Phi) is 6.15. The van der Waals surface area contributed by atoms with Gasteiger partial charge in [-0.15, -0.1) is 6.58 Å². The summed E-state index contributed by atoms with van der Waals surface area (Å²) in [5.41, 5.74) is 0.926. The van der Waals surface area contributed by atoms with E-state index in [9.17, 15) is 18.3 Å². The highest BCUT2D eigenvalue weighted by Gasteiger charge is 2.38. The van der Waals surface area contributed by atoms with E-state index < -0.39 is 28.0 Å². The van der Waals surface area contributed by atoms with Crippen molar-refractivity contribution >= 4 is 16.0 Å². The van der Waals surface area contributed by atoms with E-state index >= 15 is 0 Å². The Labute approximate surface area is 142 Å². The zero-order valence-electron chi connectivity index (χ0n) is 13.6. The van der Waals surface area contributed by atoms with Gasteiger partial charge in [0.25, 0.3) is 0 Å². The molecular formula is C17H23NO5S. The van der Waals surface area contributed by atoms with Crippen molar-refractivity contribution in [3.05, 3.63) is 42.5 Å². The fraction of sp³-hybridized carbons (Fsp3) is 0.471. The lowest BCUT2D eigenvalue weighted by Gasteiger charge is -2.35. The van der Waals surface area contributed by atoms with Crippen LogP contribution < -0.4 is 4.72 Å². The van der Waals surface area contributed by atoms with Gasteiger partial charge in [0.2, 0.25) is 10.0 Å². The molecule has 0 aromatic heterocycles. The summed E-state index contributed by atoms with van der Waals surface area (Å²) in [6, 6.07) is 5.05. The van der Waals surface area contributed by atoms with Crippen molar-refractivity contribution in [1.82, 2.24) is 4.72 Å². The molecule has 0 aliphatic carbocycles. The number of sulfonamides is 1. The second kappa shape index (κ2) is 7.92. The highest BCUT2D eigenvalue weighted by molar-refractivity contribution is 7.89. The molecule has 0 saturated carbocycles. The van der Waals surface area contributed by atoms with Crippen molar-refractivity contribution in [1.29, 1.82) is 0 Å². The standard InChI is InChI=1S/C17H23NO5S/c1-3-5-15-14(6-4-11-23-15)16(17(19)20)18-24(21,22)13-9-7-12(2)8-10-13/h3,7-10,14-16,18H,1,4-6,11H2,2H3,(H,19,20)/t14-,15?,16?/m1/s1. The van der Waals surface area contributed by atoms with Crippen LogP contribution in [-0.4, -0.2) is 38.2 Å². The molecule has 1 heterocycles. The summed E-state index contributed by atoms with van der Waals surface area (Å²) >= 11 is 0. The van der Waals surface area contributed by atoms with E-state index in [0.717, 1.165) is 5.56 Å². The maximum atomic E-state index is 12.5. The van der Waals surface area contributed by atoms with Gasteiger partial charge in [-0.05, 0) is 38.3 Å². The van der Waals surface area contributed by atoms with Crippen LogP contribution >= 0.6 is 0 Å². The number of carboxylic acids is 1. The molecule has 0 radical (unpaired) electrons. The van der Waals surface area contributed by atoms with Crippen molar-refractivity contribution in [2.45, 2.75) is 43.2 Å². The fourth-order valence-electron chi connectivity index (χ4n) is 2.93. The Balaban J connectivity index is 2.25. The number of benzene rings is 1. The van der Waals surface area contributed by atoms with Crippen LogP contribution in [-0.2, 0) is 19.6 Å². The van der Waals surface area contributed by atoms with Crippen LogP contribution in [0.15, 0.2) is 41.8 Å². The number of rotatable bonds is 7. The maximum Gasteiger partial charge on any atom is 0.322 e. The lowest BCUT2D eigenvalue weighted by atomic mass is 9.86. The van der Waals surface area contributed by atoms with Gasteiger partial charge >= 0.3 is 5.97 Å². The Morgan fingerprint density at radius 1 is 1.46 bits per heavy atom. The second-order valence-electron chi connectivity index (χ2n) is 5.99. The number of hydrogen-bond acceptors (Lipinski definition) is 4. The molecule has 1 aromatic carbocycles. The molecule has 2 unspecified atom stereocenters. The first-order chi connectivity index (χ1) is 11.3. The van der Waals surface area contributed by atoms with Crippen LogP contribution in [0, 0.1) is 12.8 Å². The second-order valence-corrected chi connectivity index (χ2v) is 7.70. The van der Waals surface area contributed by atoms with Crippen LogP contribution in [0.5, 0.6) is 0 Å². The minimum Gasteiger partial charge on any atom is -0.480 e. The predicted octanol–water partition coefficient (Wildman–Crippen LogP) is 2.10. The van der Waals surface area contributed by atoms with Gasteiger partial charge in [-0.2, -0.15) is 4.72 Å². The van der Waals surface area contributed by atoms with E-state index in [1.807, 2.05) is 6.92 Å². The molecule has 1 saturated heterocycles. The SMILES string of the molecule is C=CCC1OCCC[C@H]1C(NS(=O)(=O)c1ccc(C)cc1)C(=O)O. The summed E-state index contributed by atoms with van der Waals surface area (Å²) in [7, 11) is -3.92. The van der Waals surface area contributed by atoms with Crippen LogP contribution in [0.2, 0.25) is 0 Å². The molecule has 1 aromatic rings. The minimum absolute atomic E-state index is 0.0522. The van der Waals surface area contributed by atoms with Crippen molar-refractivity contribution in [3.63, 3.8) is 0 Å². The average Bonchev–Trinajstić information content (AvgIpc) is 2.54. The number of aliphatic carboxylic acids is 1. The molecule has 6 nitrogen and oxygen atoms in total. The van der Waals surface area contributed by atoms with E-state index in [1.54, 1.807) is 18.2 Å². The largest absolute Gasteiger partial charge is 0.480 e. The normalized spacial score (nSPS) is 22.7. The van der Waals surface area contributed by atoms with Gasteiger partial charge in [-0.25, -0.2) is 8.42 Å². The van der Waals surface area contributed by atoms with Crippen molar-refractivity contribution in [2.75, 3.05) is 6.61 Å². The Hall–Kier alpha value is -1.70. The van der Waals surface area contributed by atoms with E-state index in [4.69, 9.17) is 4.74 Å². The predicted molar refractivity (Wildman–Crippen MR) is 90.2 cm³/mol. The highest BCUT2D eigenvalue weighted by atomic mass is 32.2. The zero-order valence-corrected chi connectivity index (χ0v) is 14.5. The van der Waals surface area contributed by atoms with Gasteiger partial charge in [0.05, 0.1) is 11.0 Å². The highest BCUT2D eigenvalue weighted by Crippen LogP contribution is 2.28. The lowest BCUT2D eigenvalue weighted by molar-refractivity contribution is -0.144.